The van der Waals surface area contributed by atoms with Gasteiger partial charge in [0.05, 0.1) is 19.8 Å². The first-order valence-electron chi connectivity index (χ1n) is 10.5. The van der Waals surface area contributed by atoms with Crippen LogP contribution in [0.3, 0.4) is 0 Å². The van der Waals surface area contributed by atoms with E-state index in [0.29, 0.717) is 12.5 Å². The monoisotopic (exact) mass is 408 g/mol. The molecule has 0 aromatic heterocycles. The molecule has 7 heteroatoms. The molecular weight excluding hydrogens is 380 g/mol. The van der Waals surface area contributed by atoms with E-state index in [2.05, 4.69) is 27.6 Å². The molecule has 3 fully saturated rings. The molecule has 158 valence electrons. The molecule has 3 aliphatic rings. The van der Waals surface area contributed by atoms with Crippen LogP contribution in [0.15, 0.2) is 29.1 Å². The second-order valence-corrected chi connectivity index (χ2v) is 8.58. The Hall–Kier alpha value is -2.69. The van der Waals surface area contributed by atoms with E-state index in [0.717, 1.165) is 35.6 Å². The van der Waals surface area contributed by atoms with Crippen LogP contribution in [0.2, 0.25) is 0 Å². The average Bonchev–Trinajstić information content (AvgIpc) is 3.65. The Morgan fingerprint density at radius 2 is 1.93 bits per heavy atom. The maximum Gasteiger partial charge on any atom is 0.277 e. The molecule has 1 amide bonds. The van der Waals surface area contributed by atoms with Gasteiger partial charge >= 0.3 is 0 Å². The van der Waals surface area contributed by atoms with E-state index in [1.54, 1.807) is 0 Å². The number of amides is 1. The number of nitrogens with one attached hydrogen (secondary N) is 3. The van der Waals surface area contributed by atoms with Crippen LogP contribution in [-0.4, -0.2) is 32.0 Å². The van der Waals surface area contributed by atoms with Gasteiger partial charge in [0.15, 0.2) is 12.0 Å². The van der Waals surface area contributed by atoms with Crippen molar-refractivity contribution < 1.29 is 14.3 Å². The van der Waals surface area contributed by atoms with Gasteiger partial charge in [-0.15, -0.1) is 0 Å². The van der Waals surface area contributed by atoms with Gasteiger partial charge in [0.1, 0.15) is 0 Å². The lowest BCUT2D eigenvalue weighted by molar-refractivity contribution is -0.203. The van der Waals surface area contributed by atoms with Crippen LogP contribution in [0, 0.1) is 42.6 Å². The number of benzene rings is 1. The summed E-state index contributed by atoms with van der Waals surface area (Å²) in [6.45, 7) is 5.72. The van der Waals surface area contributed by atoms with Gasteiger partial charge < -0.3 is 20.1 Å². The molecule has 30 heavy (non-hydrogen) atoms. The summed E-state index contributed by atoms with van der Waals surface area (Å²) in [6, 6.07) is 3.95. The normalized spacial score (nSPS) is 20.3. The highest BCUT2D eigenvalue weighted by Crippen LogP contribution is 2.48. The van der Waals surface area contributed by atoms with Crippen LogP contribution in [-0.2, 0) is 14.3 Å². The molecule has 0 radical (unpaired) electrons. The van der Waals surface area contributed by atoms with Crippen LogP contribution < -0.4 is 10.6 Å². The summed E-state index contributed by atoms with van der Waals surface area (Å²) in [5.74, 6) is 6.58. The zero-order valence-electron chi connectivity index (χ0n) is 17.5. The van der Waals surface area contributed by atoms with E-state index in [-0.39, 0.29) is 17.4 Å². The van der Waals surface area contributed by atoms with Crippen molar-refractivity contribution in [1.82, 2.24) is 5.32 Å². The molecule has 4 rings (SSSR count). The molecule has 1 heterocycles. The van der Waals surface area contributed by atoms with E-state index in [1.165, 1.54) is 31.9 Å². The highest BCUT2D eigenvalue weighted by atomic mass is 16.7. The van der Waals surface area contributed by atoms with Crippen molar-refractivity contribution >= 4 is 11.6 Å². The first kappa shape index (κ1) is 20.6. The summed E-state index contributed by atoms with van der Waals surface area (Å²) in [6.07, 6.45) is 5.80. The lowest BCUT2D eigenvalue weighted by Crippen LogP contribution is -2.38. The van der Waals surface area contributed by atoms with Gasteiger partial charge in [-0.1, -0.05) is 11.8 Å². The van der Waals surface area contributed by atoms with Crippen LogP contribution >= 0.6 is 0 Å². The van der Waals surface area contributed by atoms with Crippen molar-refractivity contribution in [3.63, 3.8) is 0 Å². The van der Waals surface area contributed by atoms with Crippen LogP contribution in [0.1, 0.15) is 42.4 Å². The molecular formula is C23H28N4O3. The number of aryl methyl sites for hydroxylation is 2. The van der Waals surface area contributed by atoms with Crippen molar-refractivity contribution in [1.29, 1.82) is 5.53 Å². The summed E-state index contributed by atoms with van der Waals surface area (Å²) in [5, 5.41) is 9.22. The lowest BCUT2D eigenvalue weighted by atomic mass is 10.0. The van der Waals surface area contributed by atoms with Gasteiger partial charge in [0, 0.05) is 28.8 Å². The number of nitrogens with zero attached hydrogens (tertiary/aromatic N) is 1. The Balaban J connectivity index is 1.33. The van der Waals surface area contributed by atoms with Gasteiger partial charge in [-0.05, 0) is 62.8 Å². The fourth-order valence-corrected chi connectivity index (χ4v) is 3.44. The molecule has 0 bridgehead atoms. The fraction of sp³-hybridized carbons (Fsp3) is 0.522. The predicted octanol–water partition coefficient (Wildman–Crippen LogP) is 3.62. The molecule has 1 saturated heterocycles. The maximum atomic E-state index is 12.6. The van der Waals surface area contributed by atoms with Crippen molar-refractivity contribution in [2.45, 2.75) is 45.8 Å². The van der Waals surface area contributed by atoms with E-state index < -0.39 is 5.91 Å². The van der Waals surface area contributed by atoms with Crippen molar-refractivity contribution in [3.05, 3.63) is 40.7 Å². The van der Waals surface area contributed by atoms with Gasteiger partial charge in [-0.2, -0.15) is 5.11 Å². The number of carbonyl (C=O) groups is 1. The zero-order valence-corrected chi connectivity index (χ0v) is 17.5. The largest absolute Gasteiger partial charge is 0.384 e. The third-order valence-electron chi connectivity index (χ3n) is 5.75. The third kappa shape index (κ3) is 5.07. The number of hydrogen-bond acceptors (Lipinski definition) is 6. The summed E-state index contributed by atoms with van der Waals surface area (Å²) in [5.41, 5.74) is 11.1. The number of ether oxygens (including phenoxy) is 2. The molecule has 1 aliphatic heterocycles. The SMILES string of the molecule is Cc1cc(C#CC2CC2)cc(C)c1NC(=O)/C(=C/NCC1OCC2(CC2)CO1)N=N. The number of carbonyl (C=O) groups excluding carboxylic acids is 1. The van der Waals surface area contributed by atoms with Crippen LogP contribution in [0.4, 0.5) is 5.69 Å². The highest BCUT2D eigenvalue weighted by Gasteiger charge is 2.46. The fourth-order valence-electron chi connectivity index (χ4n) is 3.44. The first-order chi connectivity index (χ1) is 14.5. The second-order valence-electron chi connectivity index (χ2n) is 8.58. The van der Waals surface area contributed by atoms with Crippen molar-refractivity contribution in [2.24, 2.45) is 16.4 Å². The minimum Gasteiger partial charge on any atom is -0.384 e. The second kappa shape index (κ2) is 8.58. The van der Waals surface area contributed by atoms with Gasteiger partial charge in [-0.25, -0.2) is 5.53 Å². The summed E-state index contributed by atoms with van der Waals surface area (Å²) in [4.78, 5) is 12.6. The highest BCUT2D eigenvalue weighted by molar-refractivity contribution is 6.04. The minimum atomic E-state index is -0.442. The predicted molar refractivity (Wildman–Crippen MR) is 113 cm³/mol. The van der Waals surface area contributed by atoms with Crippen LogP contribution in [0.5, 0.6) is 0 Å². The molecule has 7 nitrogen and oxygen atoms in total. The van der Waals surface area contributed by atoms with E-state index >= 15 is 0 Å². The Labute approximate surface area is 177 Å². The number of hydrogen-bond donors (Lipinski definition) is 3. The Morgan fingerprint density at radius 1 is 1.27 bits per heavy atom. The molecule has 2 saturated carbocycles. The quantitative estimate of drug-likeness (QED) is 0.381. The van der Waals surface area contributed by atoms with Crippen molar-refractivity contribution in [2.75, 3.05) is 25.1 Å². The average molecular weight is 409 g/mol. The molecule has 3 N–H and O–H groups in total. The molecule has 1 aromatic rings. The summed E-state index contributed by atoms with van der Waals surface area (Å²) >= 11 is 0. The Kier molecular flexibility index (Phi) is 5.89. The minimum absolute atomic E-state index is 0.0131. The van der Waals surface area contributed by atoms with Gasteiger partial charge in [0.2, 0.25) is 0 Å². The first-order valence-corrected chi connectivity index (χ1v) is 10.5. The van der Waals surface area contributed by atoms with E-state index in [4.69, 9.17) is 15.0 Å². The molecule has 0 unspecified atom stereocenters. The lowest BCUT2D eigenvalue weighted by Gasteiger charge is -2.29. The topological polar surface area (TPSA) is 95.8 Å². The molecule has 2 aliphatic carbocycles. The number of rotatable bonds is 6. The van der Waals surface area contributed by atoms with Crippen molar-refractivity contribution in [3.8, 4) is 11.8 Å². The standard InChI is InChI=1S/C23H28N4O3/c1-15-9-18(6-5-17-3-4-17)10-16(2)21(15)26-22(28)19(27-24)11-25-12-20-29-13-23(7-8-23)14-30-20/h9-11,17,20,24-25H,3-4,7-8,12-14H2,1-2H3,(H,26,28)/b19-11-,27-24?. The Morgan fingerprint density at radius 3 is 2.50 bits per heavy atom. The molecule has 1 spiro atoms. The van der Waals surface area contributed by atoms with Gasteiger partial charge in [-0.3, -0.25) is 4.79 Å². The summed E-state index contributed by atoms with van der Waals surface area (Å²) in [7, 11) is 0. The molecule has 1 aromatic carbocycles. The molecule has 0 atom stereocenters. The van der Waals surface area contributed by atoms with Crippen LogP contribution in [0.25, 0.3) is 0 Å². The Bertz CT molecular complexity index is 902. The van der Waals surface area contributed by atoms with E-state index in [9.17, 15) is 4.79 Å². The maximum absolute atomic E-state index is 12.6. The third-order valence-corrected chi connectivity index (χ3v) is 5.75. The van der Waals surface area contributed by atoms with E-state index in [1.807, 2.05) is 26.0 Å². The smallest absolute Gasteiger partial charge is 0.277 e. The number of anilines is 1. The summed E-state index contributed by atoms with van der Waals surface area (Å²) < 4.78 is 11.4. The van der Waals surface area contributed by atoms with Gasteiger partial charge in [0.25, 0.3) is 5.91 Å². The zero-order chi connectivity index (χ0) is 21.1.